The van der Waals surface area contributed by atoms with Crippen molar-refractivity contribution in [2.75, 3.05) is 56.9 Å². The minimum atomic E-state index is -0.305. The fraction of sp³-hybridized carbons (Fsp3) is 0.333. The van der Waals surface area contributed by atoms with Gasteiger partial charge in [-0.2, -0.15) is 5.10 Å². The highest BCUT2D eigenvalue weighted by Gasteiger charge is 2.18. The van der Waals surface area contributed by atoms with Crippen LogP contribution in [0.1, 0.15) is 11.3 Å². The molecule has 3 heterocycles. The van der Waals surface area contributed by atoms with Crippen LogP contribution in [0.2, 0.25) is 0 Å². The molecule has 4 rings (SSSR count). The largest absolute Gasteiger partial charge is 0.494 e. The standard InChI is InChI=1S/C27H35N9O2/c1-9-26(37)29-20-13-21(25(38-8)14-23(20)34(6)11-10-33(4)5)30-27-28-15-24-17(2)12-22(36(24)32-27)19-16-35(7)31-18(19)3/h9,12-16H,1,10-11H2,2-8H3,(H,29,37)(H,30,32). The van der Waals surface area contributed by atoms with Crippen molar-refractivity contribution in [1.29, 1.82) is 0 Å². The van der Waals surface area contributed by atoms with Gasteiger partial charge in [0.2, 0.25) is 11.9 Å². The van der Waals surface area contributed by atoms with Crippen LogP contribution >= 0.6 is 0 Å². The van der Waals surface area contributed by atoms with E-state index in [2.05, 4.69) is 43.2 Å². The third kappa shape index (κ3) is 5.47. The van der Waals surface area contributed by atoms with Crippen LogP contribution in [0.4, 0.5) is 23.0 Å². The van der Waals surface area contributed by atoms with Crippen molar-refractivity contribution >= 4 is 34.4 Å². The van der Waals surface area contributed by atoms with Crippen LogP contribution in [-0.2, 0) is 11.8 Å². The Morgan fingerprint density at radius 2 is 1.89 bits per heavy atom. The molecule has 0 aliphatic rings. The van der Waals surface area contributed by atoms with Crippen LogP contribution in [0.5, 0.6) is 5.75 Å². The number of rotatable bonds is 10. The Bertz CT molecular complexity index is 1490. The molecule has 0 spiro atoms. The van der Waals surface area contributed by atoms with E-state index in [1.807, 2.05) is 64.9 Å². The summed E-state index contributed by atoms with van der Waals surface area (Å²) in [6.45, 7) is 9.19. The number of carbonyl (C=O) groups excluding carboxylic acids is 1. The van der Waals surface area contributed by atoms with Crippen molar-refractivity contribution in [2.45, 2.75) is 13.8 Å². The maximum atomic E-state index is 12.3. The van der Waals surface area contributed by atoms with Gasteiger partial charge < -0.3 is 25.2 Å². The second-order valence-corrected chi connectivity index (χ2v) is 9.51. The van der Waals surface area contributed by atoms with Crippen molar-refractivity contribution < 1.29 is 9.53 Å². The van der Waals surface area contributed by atoms with Crippen molar-refractivity contribution in [3.8, 4) is 17.0 Å². The van der Waals surface area contributed by atoms with Crippen LogP contribution in [0.15, 0.2) is 43.2 Å². The lowest BCUT2D eigenvalue weighted by Crippen LogP contribution is -2.29. The third-order valence-corrected chi connectivity index (χ3v) is 6.31. The summed E-state index contributed by atoms with van der Waals surface area (Å²) < 4.78 is 9.38. The number of aryl methyl sites for hydroxylation is 3. The highest BCUT2D eigenvalue weighted by molar-refractivity contribution is 6.02. The van der Waals surface area contributed by atoms with E-state index < -0.39 is 0 Å². The van der Waals surface area contributed by atoms with E-state index in [4.69, 9.17) is 9.84 Å². The molecule has 0 bridgehead atoms. The molecule has 3 aromatic heterocycles. The van der Waals surface area contributed by atoms with Gasteiger partial charge >= 0.3 is 0 Å². The molecule has 0 fully saturated rings. The maximum absolute atomic E-state index is 12.3. The normalized spacial score (nSPS) is 11.2. The summed E-state index contributed by atoms with van der Waals surface area (Å²) in [6.07, 6.45) is 5.01. The lowest BCUT2D eigenvalue weighted by atomic mass is 10.2. The van der Waals surface area contributed by atoms with E-state index in [1.54, 1.807) is 18.0 Å². The SMILES string of the molecule is C=CC(=O)Nc1cc(Nc2ncc3c(C)cc(-c4cn(C)nc4C)n3n2)c(OC)cc1N(C)CCN(C)C. The first kappa shape index (κ1) is 26.7. The van der Waals surface area contributed by atoms with Gasteiger partial charge in [-0.3, -0.25) is 9.48 Å². The van der Waals surface area contributed by atoms with Gasteiger partial charge in [0.05, 0.1) is 47.3 Å². The number of anilines is 4. The van der Waals surface area contributed by atoms with E-state index in [1.165, 1.54) is 6.08 Å². The van der Waals surface area contributed by atoms with Gasteiger partial charge in [-0.1, -0.05) is 6.58 Å². The predicted molar refractivity (Wildman–Crippen MR) is 152 cm³/mol. The molecule has 0 saturated carbocycles. The second kappa shape index (κ2) is 10.9. The number of benzene rings is 1. The molecule has 38 heavy (non-hydrogen) atoms. The Kier molecular flexibility index (Phi) is 7.67. The Morgan fingerprint density at radius 1 is 1.13 bits per heavy atom. The zero-order chi connectivity index (χ0) is 27.6. The molecule has 0 atom stereocenters. The highest BCUT2D eigenvalue weighted by atomic mass is 16.5. The number of carbonyl (C=O) groups is 1. The summed E-state index contributed by atoms with van der Waals surface area (Å²) in [4.78, 5) is 21.0. The van der Waals surface area contributed by atoms with E-state index in [0.717, 1.165) is 46.8 Å². The molecule has 11 nitrogen and oxygen atoms in total. The van der Waals surface area contributed by atoms with Crippen LogP contribution in [0.25, 0.3) is 16.8 Å². The zero-order valence-electron chi connectivity index (χ0n) is 23.0. The minimum absolute atomic E-state index is 0.305. The Morgan fingerprint density at radius 3 is 2.53 bits per heavy atom. The Balaban J connectivity index is 1.75. The number of hydrogen-bond donors (Lipinski definition) is 2. The number of nitrogens with one attached hydrogen (secondary N) is 2. The molecule has 4 aromatic rings. The fourth-order valence-corrected chi connectivity index (χ4v) is 4.27. The average Bonchev–Trinajstić information content (AvgIpc) is 3.39. The van der Waals surface area contributed by atoms with Crippen molar-refractivity contribution in [1.82, 2.24) is 29.3 Å². The second-order valence-electron chi connectivity index (χ2n) is 9.51. The van der Waals surface area contributed by atoms with E-state index in [-0.39, 0.29) is 5.91 Å². The van der Waals surface area contributed by atoms with Crippen LogP contribution in [0, 0.1) is 13.8 Å². The topological polar surface area (TPSA) is 105 Å². The van der Waals surface area contributed by atoms with Gasteiger partial charge in [-0.05, 0) is 51.7 Å². The van der Waals surface area contributed by atoms with E-state index in [9.17, 15) is 4.79 Å². The molecule has 0 aliphatic carbocycles. The van der Waals surface area contributed by atoms with Crippen molar-refractivity contribution in [2.24, 2.45) is 7.05 Å². The molecule has 0 saturated heterocycles. The lowest BCUT2D eigenvalue weighted by Gasteiger charge is -2.25. The number of aromatic nitrogens is 5. The van der Waals surface area contributed by atoms with E-state index in [0.29, 0.717) is 23.1 Å². The Hall–Kier alpha value is -4.38. The first-order valence-corrected chi connectivity index (χ1v) is 12.3. The first-order chi connectivity index (χ1) is 18.1. The number of amides is 1. The van der Waals surface area contributed by atoms with Crippen molar-refractivity contribution in [3.63, 3.8) is 0 Å². The number of methoxy groups -OCH3 is 1. The summed E-state index contributed by atoms with van der Waals surface area (Å²) in [5, 5.41) is 15.5. The molecule has 0 aliphatic heterocycles. The number of hydrogen-bond acceptors (Lipinski definition) is 8. The quantitative estimate of drug-likeness (QED) is 0.308. The summed E-state index contributed by atoms with van der Waals surface area (Å²) in [5.41, 5.74) is 6.84. The molecular formula is C27H35N9O2. The monoisotopic (exact) mass is 517 g/mol. The summed E-state index contributed by atoms with van der Waals surface area (Å²) in [5.74, 6) is 0.660. The Labute approximate surface area is 222 Å². The molecule has 1 aromatic carbocycles. The molecule has 2 N–H and O–H groups in total. The van der Waals surface area contributed by atoms with Gasteiger partial charge in [0.1, 0.15) is 5.75 Å². The zero-order valence-corrected chi connectivity index (χ0v) is 23.0. The van der Waals surface area contributed by atoms with Crippen LogP contribution in [-0.4, -0.2) is 76.5 Å². The maximum Gasteiger partial charge on any atom is 0.247 e. The molecule has 200 valence electrons. The first-order valence-electron chi connectivity index (χ1n) is 12.3. The number of likely N-dealkylation sites (N-methyl/N-ethyl adjacent to an activating group) is 2. The van der Waals surface area contributed by atoms with Gasteiger partial charge in [0.15, 0.2) is 0 Å². The summed E-state index contributed by atoms with van der Waals surface area (Å²) in [6, 6.07) is 5.79. The smallest absolute Gasteiger partial charge is 0.247 e. The molecule has 1 amide bonds. The predicted octanol–water partition coefficient (Wildman–Crippen LogP) is 3.62. The minimum Gasteiger partial charge on any atom is -0.494 e. The van der Waals surface area contributed by atoms with Crippen LogP contribution < -0.4 is 20.3 Å². The van der Waals surface area contributed by atoms with Crippen LogP contribution in [0.3, 0.4) is 0 Å². The fourth-order valence-electron chi connectivity index (χ4n) is 4.27. The van der Waals surface area contributed by atoms with Gasteiger partial charge in [-0.25, -0.2) is 9.50 Å². The molecular weight excluding hydrogens is 482 g/mol. The van der Waals surface area contributed by atoms with E-state index >= 15 is 0 Å². The number of nitrogens with zero attached hydrogens (tertiary/aromatic N) is 7. The lowest BCUT2D eigenvalue weighted by molar-refractivity contribution is -0.111. The van der Waals surface area contributed by atoms with Gasteiger partial charge in [0.25, 0.3) is 0 Å². The third-order valence-electron chi connectivity index (χ3n) is 6.31. The highest BCUT2D eigenvalue weighted by Crippen LogP contribution is 2.38. The summed E-state index contributed by atoms with van der Waals surface area (Å²) >= 11 is 0. The number of fused-ring (bicyclic) bond motifs is 1. The number of ether oxygens (including phenoxy) is 1. The average molecular weight is 518 g/mol. The summed E-state index contributed by atoms with van der Waals surface area (Å²) in [7, 11) is 9.52. The molecule has 11 heteroatoms. The molecule has 0 unspecified atom stereocenters. The van der Waals surface area contributed by atoms with Gasteiger partial charge in [0, 0.05) is 45.0 Å². The molecule has 0 radical (unpaired) electrons. The van der Waals surface area contributed by atoms with Crippen molar-refractivity contribution in [3.05, 3.63) is 54.5 Å². The van der Waals surface area contributed by atoms with Gasteiger partial charge in [-0.15, -0.1) is 5.10 Å².